The van der Waals surface area contributed by atoms with Crippen LogP contribution in [0.2, 0.25) is 0 Å². The third kappa shape index (κ3) is 5.40. The molecule has 0 spiro atoms. The summed E-state index contributed by atoms with van der Waals surface area (Å²) in [6, 6.07) is 9.21. The number of anilines is 1. The quantitative estimate of drug-likeness (QED) is 0.809. The van der Waals surface area contributed by atoms with E-state index in [-0.39, 0.29) is 30.0 Å². The summed E-state index contributed by atoms with van der Waals surface area (Å²) in [4.78, 5) is 26.7. The van der Waals surface area contributed by atoms with Crippen LogP contribution in [0.5, 0.6) is 0 Å². The summed E-state index contributed by atoms with van der Waals surface area (Å²) in [5, 5.41) is 6.67. The molecule has 1 N–H and O–H groups in total. The highest BCUT2D eigenvalue weighted by Gasteiger charge is 2.25. The summed E-state index contributed by atoms with van der Waals surface area (Å²) in [6.45, 7) is 5.18. The molecule has 144 valence electrons. The second-order valence-corrected chi connectivity index (χ2v) is 6.87. The Morgan fingerprint density at radius 1 is 1.26 bits per heavy atom. The molecule has 2 aromatic rings. The molecule has 0 radical (unpaired) electrons. The maximum absolute atomic E-state index is 12.8. The summed E-state index contributed by atoms with van der Waals surface area (Å²) < 4.78 is 10.7. The third-order valence-corrected chi connectivity index (χ3v) is 4.53. The van der Waals surface area contributed by atoms with Gasteiger partial charge in [0.05, 0.1) is 6.10 Å². The highest BCUT2D eigenvalue weighted by molar-refractivity contribution is 5.94. The van der Waals surface area contributed by atoms with Crippen LogP contribution < -0.4 is 5.32 Å². The van der Waals surface area contributed by atoms with E-state index in [4.69, 9.17) is 9.26 Å². The molecule has 0 aliphatic carbocycles. The molecule has 1 atom stereocenters. The maximum atomic E-state index is 12.8. The lowest BCUT2D eigenvalue weighted by Crippen LogP contribution is -2.39. The number of aryl methyl sites for hydroxylation is 2. The standard InChI is InChI=1S/C20H25N3O4/c1-14-5-7-16(8-6-14)21-19(24)9-10-23(13-17-4-3-11-26-17)20(25)18-12-15(2)27-22-18/h5-8,12,17H,3-4,9-11,13H2,1-2H3,(H,21,24)/t17-/m0/s1. The van der Waals surface area contributed by atoms with Crippen LogP contribution in [0.4, 0.5) is 5.69 Å². The van der Waals surface area contributed by atoms with Crippen LogP contribution in [-0.2, 0) is 9.53 Å². The number of nitrogens with zero attached hydrogens (tertiary/aromatic N) is 2. The minimum atomic E-state index is -0.245. The van der Waals surface area contributed by atoms with E-state index < -0.39 is 0 Å². The van der Waals surface area contributed by atoms with E-state index in [9.17, 15) is 9.59 Å². The Hall–Kier alpha value is -2.67. The van der Waals surface area contributed by atoms with Gasteiger partial charge in [-0.25, -0.2) is 0 Å². The first-order valence-electron chi connectivity index (χ1n) is 9.22. The molecule has 1 saturated heterocycles. The lowest BCUT2D eigenvalue weighted by molar-refractivity contribution is -0.116. The monoisotopic (exact) mass is 371 g/mol. The molecule has 7 nitrogen and oxygen atoms in total. The molecule has 3 rings (SSSR count). The van der Waals surface area contributed by atoms with Crippen LogP contribution in [0.3, 0.4) is 0 Å². The lowest BCUT2D eigenvalue weighted by atomic mass is 10.2. The Labute approximate surface area is 158 Å². The zero-order valence-electron chi connectivity index (χ0n) is 15.7. The lowest BCUT2D eigenvalue weighted by Gasteiger charge is -2.24. The molecule has 1 aliphatic rings. The average Bonchev–Trinajstić information content (AvgIpc) is 3.31. The zero-order chi connectivity index (χ0) is 19.2. The fraction of sp³-hybridized carbons (Fsp3) is 0.450. The minimum absolute atomic E-state index is 0.00195. The van der Waals surface area contributed by atoms with Crippen molar-refractivity contribution >= 4 is 17.5 Å². The van der Waals surface area contributed by atoms with E-state index >= 15 is 0 Å². The van der Waals surface area contributed by atoms with Crippen molar-refractivity contribution < 1.29 is 18.8 Å². The van der Waals surface area contributed by atoms with Crippen molar-refractivity contribution in [2.24, 2.45) is 0 Å². The fourth-order valence-electron chi connectivity index (χ4n) is 3.04. The predicted molar refractivity (Wildman–Crippen MR) is 101 cm³/mol. The van der Waals surface area contributed by atoms with E-state index in [2.05, 4.69) is 10.5 Å². The number of hydrogen-bond acceptors (Lipinski definition) is 5. The Morgan fingerprint density at radius 3 is 2.67 bits per heavy atom. The number of aromatic nitrogens is 1. The Balaban J connectivity index is 1.60. The molecule has 2 amide bonds. The van der Waals surface area contributed by atoms with Crippen molar-refractivity contribution in [2.75, 3.05) is 25.0 Å². The molecule has 1 aromatic heterocycles. The van der Waals surface area contributed by atoms with Gasteiger partial charge in [0.25, 0.3) is 5.91 Å². The predicted octanol–water partition coefficient (Wildman–Crippen LogP) is 2.94. The molecule has 7 heteroatoms. The smallest absolute Gasteiger partial charge is 0.276 e. The Morgan fingerprint density at radius 2 is 2.04 bits per heavy atom. The second kappa shape index (κ2) is 8.81. The van der Waals surface area contributed by atoms with Gasteiger partial charge in [-0.05, 0) is 38.8 Å². The van der Waals surface area contributed by atoms with Gasteiger partial charge in [-0.3, -0.25) is 9.59 Å². The number of hydrogen-bond donors (Lipinski definition) is 1. The highest BCUT2D eigenvalue weighted by Crippen LogP contribution is 2.16. The third-order valence-electron chi connectivity index (χ3n) is 4.53. The van der Waals surface area contributed by atoms with E-state index in [1.807, 2.05) is 31.2 Å². The van der Waals surface area contributed by atoms with Crippen LogP contribution in [0.1, 0.15) is 41.1 Å². The second-order valence-electron chi connectivity index (χ2n) is 6.87. The van der Waals surface area contributed by atoms with Crippen LogP contribution in [0.15, 0.2) is 34.9 Å². The van der Waals surface area contributed by atoms with Gasteiger partial charge in [-0.2, -0.15) is 0 Å². The van der Waals surface area contributed by atoms with Crippen molar-refractivity contribution in [3.05, 3.63) is 47.3 Å². The highest BCUT2D eigenvalue weighted by atomic mass is 16.5. The summed E-state index contributed by atoms with van der Waals surface area (Å²) in [5.74, 6) is 0.193. The van der Waals surface area contributed by atoms with Crippen LogP contribution in [-0.4, -0.2) is 47.7 Å². The van der Waals surface area contributed by atoms with E-state index in [1.165, 1.54) is 0 Å². The summed E-state index contributed by atoms with van der Waals surface area (Å²) in [7, 11) is 0. The molecule has 27 heavy (non-hydrogen) atoms. The van der Waals surface area contributed by atoms with Gasteiger partial charge < -0.3 is 19.5 Å². The van der Waals surface area contributed by atoms with Crippen LogP contribution in [0.25, 0.3) is 0 Å². The molecular weight excluding hydrogens is 346 g/mol. The zero-order valence-corrected chi connectivity index (χ0v) is 15.7. The number of amides is 2. The number of ether oxygens (including phenoxy) is 1. The largest absolute Gasteiger partial charge is 0.376 e. The number of nitrogens with one attached hydrogen (secondary N) is 1. The van der Waals surface area contributed by atoms with Crippen molar-refractivity contribution in [3.63, 3.8) is 0 Å². The first kappa shape index (κ1) is 19.1. The van der Waals surface area contributed by atoms with Crippen molar-refractivity contribution in [3.8, 4) is 0 Å². The Bertz CT molecular complexity index is 779. The number of benzene rings is 1. The number of carbonyl (C=O) groups excluding carboxylic acids is 2. The van der Waals surface area contributed by atoms with Crippen molar-refractivity contribution in [1.29, 1.82) is 0 Å². The molecule has 1 fully saturated rings. The van der Waals surface area contributed by atoms with Crippen molar-refractivity contribution in [2.45, 2.75) is 39.2 Å². The van der Waals surface area contributed by atoms with Gasteiger partial charge in [-0.15, -0.1) is 0 Å². The summed E-state index contributed by atoms with van der Waals surface area (Å²) in [5.41, 5.74) is 2.13. The summed E-state index contributed by atoms with van der Waals surface area (Å²) >= 11 is 0. The fourth-order valence-corrected chi connectivity index (χ4v) is 3.04. The molecule has 0 unspecified atom stereocenters. The van der Waals surface area contributed by atoms with Gasteiger partial charge in [0.15, 0.2) is 5.69 Å². The molecule has 1 aliphatic heterocycles. The van der Waals surface area contributed by atoms with Crippen molar-refractivity contribution in [1.82, 2.24) is 10.1 Å². The molecule has 0 saturated carbocycles. The van der Waals surface area contributed by atoms with E-state index in [0.717, 1.165) is 24.1 Å². The first-order chi connectivity index (χ1) is 13.0. The van der Waals surface area contributed by atoms with Crippen LogP contribution >= 0.6 is 0 Å². The minimum Gasteiger partial charge on any atom is -0.376 e. The van der Waals surface area contributed by atoms with Gasteiger partial charge >= 0.3 is 0 Å². The van der Waals surface area contributed by atoms with E-state index in [1.54, 1.807) is 17.9 Å². The van der Waals surface area contributed by atoms with E-state index in [0.29, 0.717) is 25.5 Å². The average molecular weight is 371 g/mol. The SMILES string of the molecule is Cc1ccc(NC(=O)CCN(C[C@@H]2CCCO2)C(=O)c2cc(C)on2)cc1. The number of carbonyl (C=O) groups is 2. The molecule has 1 aromatic carbocycles. The topological polar surface area (TPSA) is 84.7 Å². The Kier molecular flexibility index (Phi) is 6.24. The van der Waals surface area contributed by atoms with Crippen LogP contribution in [0, 0.1) is 13.8 Å². The molecule has 0 bridgehead atoms. The number of rotatable bonds is 7. The maximum Gasteiger partial charge on any atom is 0.276 e. The normalized spacial score (nSPS) is 16.3. The van der Waals surface area contributed by atoms with Gasteiger partial charge in [0.1, 0.15) is 5.76 Å². The summed E-state index contributed by atoms with van der Waals surface area (Å²) in [6.07, 6.45) is 2.10. The molecule has 2 heterocycles. The van der Waals surface area contributed by atoms with Gasteiger partial charge in [0.2, 0.25) is 5.91 Å². The first-order valence-corrected chi connectivity index (χ1v) is 9.22. The molecular formula is C20H25N3O4. The van der Waals surface area contributed by atoms with Gasteiger partial charge in [0, 0.05) is 37.9 Å². The van der Waals surface area contributed by atoms with Gasteiger partial charge in [-0.1, -0.05) is 22.9 Å².